The molecule has 5 heteroatoms. The van der Waals surface area contributed by atoms with Crippen LogP contribution in [-0.2, 0) is 6.54 Å². The number of hydrogen-bond donors (Lipinski definition) is 3. The van der Waals surface area contributed by atoms with E-state index in [1.807, 2.05) is 0 Å². The zero-order chi connectivity index (χ0) is 10.1. The van der Waals surface area contributed by atoms with E-state index in [0.717, 1.165) is 5.52 Å². The highest BCUT2D eigenvalue weighted by molar-refractivity contribution is 5.92. The fraction of sp³-hybridized carbons (Fsp3) is 0.111. The Labute approximate surface area is 79.6 Å². The van der Waals surface area contributed by atoms with Gasteiger partial charge < -0.3 is 15.8 Å². The van der Waals surface area contributed by atoms with Crippen molar-refractivity contribution in [3.05, 3.63) is 29.6 Å². The van der Waals surface area contributed by atoms with E-state index >= 15 is 0 Å². The summed E-state index contributed by atoms with van der Waals surface area (Å²) in [6, 6.07) is 4.73. The molecule has 4 N–H and O–H groups in total. The predicted octanol–water partition coefficient (Wildman–Crippen LogP) is 0.720. The second kappa shape index (κ2) is 3.12. The minimum absolute atomic E-state index is 0.240. The molecule has 0 radical (unpaired) electrons. The lowest BCUT2D eigenvalue weighted by Gasteiger charge is -1.92. The first-order valence-corrected chi connectivity index (χ1v) is 4.12. The molecule has 1 heterocycles. The van der Waals surface area contributed by atoms with Crippen molar-refractivity contribution in [1.82, 2.24) is 9.97 Å². The highest BCUT2D eigenvalue weighted by atomic mass is 16.4. The monoisotopic (exact) mass is 191 g/mol. The molecule has 5 nitrogen and oxygen atoms in total. The molecule has 0 amide bonds. The van der Waals surface area contributed by atoms with Crippen LogP contribution in [-0.4, -0.2) is 21.0 Å². The zero-order valence-electron chi connectivity index (χ0n) is 7.32. The van der Waals surface area contributed by atoms with E-state index in [4.69, 9.17) is 10.8 Å². The van der Waals surface area contributed by atoms with Crippen LogP contribution < -0.4 is 5.73 Å². The average Bonchev–Trinajstić information content (AvgIpc) is 2.58. The molecule has 0 saturated carbocycles. The Morgan fingerprint density at radius 3 is 3.00 bits per heavy atom. The molecule has 72 valence electrons. The number of carboxylic acids is 1. The predicted molar refractivity (Wildman–Crippen MR) is 50.9 cm³/mol. The van der Waals surface area contributed by atoms with Crippen LogP contribution in [0.3, 0.4) is 0 Å². The van der Waals surface area contributed by atoms with Gasteiger partial charge in [-0.05, 0) is 18.2 Å². The number of aromatic carboxylic acids is 1. The van der Waals surface area contributed by atoms with Gasteiger partial charge in [-0.2, -0.15) is 0 Å². The van der Waals surface area contributed by atoms with Gasteiger partial charge in [-0.15, -0.1) is 0 Å². The minimum Gasteiger partial charge on any atom is -0.478 e. The van der Waals surface area contributed by atoms with Gasteiger partial charge in [0.1, 0.15) is 5.82 Å². The van der Waals surface area contributed by atoms with Crippen LogP contribution in [0.1, 0.15) is 16.2 Å². The van der Waals surface area contributed by atoms with Crippen LogP contribution in [0.4, 0.5) is 0 Å². The lowest BCUT2D eigenvalue weighted by molar-refractivity contribution is 0.0697. The maximum atomic E-state index is 10.7. The molecule has 0 atom stereocenters. The third-order valence-electron chi connectivity index (χ3n) is 1.97. The Morgan fingerprint density at radius 1 is 1.57 bits per heavy atom. The van der Waals surface area contributed by atoms with Gasteiger partial charge in [-0.1, -0.05) is 0 Å². The zero-order valence-corrected chi connectivity index (χ0v) is 7.32. The number of nitrogens with two attached hydrogens (primary N) is 1. The number of imidazole rings is 1. The molecule has 2 rings (SSSR count). The molecule has 2 aromatic rings. The molecule has 14 heavy (non-hydrogen) atoms. The molecular formula is C9H9N3O2. The number of carbonyl (C=O) groups is 1. The van der Waals surface area contributed by atoms with E-state index in [-0.39, 0.29) is 5.56 Å². The van der Waals surface area contributed by atoms with Crippen molar-refractivity contribution in [1.29, 1.82) is 0 Å². The van der Waals surface area contributed by atoms with Gasteiger partial charge in [0.15, 0.2) is 0 Å². The van der Waals surface area contributed by atoms with Crippen molar-refractivity contribution in [3.8, 4) is 0 Å². The number of aromatic nitrogens is 2. The molecule has 0 spiro atoms. The van der Waals surface area contributed by atoms with E-state index in [0.29, 0.717) is 17.9 Å². The quantitative estimate of drug-likeness (QED) is 0.652. The summed E-state index contributed by atoms with van der Waals surface area (Å²) in [6.45, 7) is 0.317. The van der Waals surface area contributed by atoms with Crippen LogP contribution in [0, 0.1) is 0 Å². The number of rotatable bonds is 2. The van der Waals surface area contributed by atoms with Crippen LogP contribution >= 0.6 is 0 Å². The van der Waals surface area contributed by atoms with Crippen LogP contribution in [0.15, 0.2) is 18.2 Å². The first-order chi connectivity index (χ1) is 6.70. The molecule has 0 aliphatic heterocycles. The number of hydrogen-bond acceptors (Lipinski definition) is 3. The first-order valence-electron chi connectivity index (χ1n) is 4.12. The van der Waals surface area contributed by atoms with Gasteiger partial charge >= 0.3 is 5.97 Å². The van der Waals surface area contributed by atoms with E-state index in [1.165, 1.54) is 6.07 Å². The lowest BCUT2D eigenvalue weighted by atomic mass is 10.2. The molecular weight excluding hydrogens is 182 g/mol. The van der Waals surface area contributed by atoms with Gasteiger partial charge in [0, 0.05) is 0 Å². The van der Waals surface area contributed by atoms with Crippen LogP contribution in [0.2, 0.25) is 0 Å². The minimum atomic E-state index is -0.948. The number of fused-ring (bicyclic) bond motifs is 1. The average molecular weight is 191 g/mol. The number of nitrogens with zero attached hydrogens (tertiary/aromatic N) is 1. The fourth-order valence-electron chi connectivity index (χ4n) is 1.29. The van der Waals surface area contributed by atoms with Gasteiger partial charge in [0.25, 0.3) is 0 Å². The summed E-state index contributed by atoms with van der Waals surface area (Å²) >= 11 is 0. The summed E-state index contributed by atoms with van der Waals surface area (Å²) in [5, 5.41) is 8.75. The maximum Gasteiger partial charge on any atom is 0.335 e. The lowest BCUT2D eigenvalue weighted by Crippen LogP contribution is -1.97. The molecule has 1 aromatic heterocycles. The van der Waals surface area contributed by atoms with Gasteiger partial charge in [0.05, 0.1) is 23.1 Å². The van der Waals surface area contributed by atoms with E-state index in [1.54, 1.807) is 12.1 Å². The molecule has 0 unspecified atom stereocenters. The van der Waals surface area contributed by atoms with Crippen LogP contribution in [0.25, 0.3) is 11.0 Å². The Balaban J connectivity index is 2.59. The fourth-order valence-corrected chi connectivity index (χ4v) is 1.29. The topological polar surface area (TPSA) is 92.0 Å². The van der Waals surface area contributed by atoms with E-state index in [2.05, 4.69) is 9.97 Å². The second-order valence-electron chi connectivity index (χ2n) is 2.92. The summed E-state index contributed by atoms with van der Waals surface area (Å²) in [4.78, 5) is 17.8. The maximum absolute atomic E-state index is 10.7. The third-order valence-corrected chi connectivity index (χ3v) is 1.97. The smallest absolute Gasteiger partial charge is 0.335 e. The molecule has 1 aromatic carbocycles. The summed E-state index contributed by atoms with van der Waals surface area (Å²) in [5.41, 5.74) is 7.07. The summed E-state index contributed by atoms with van der Waals surface area (Å²) < 4.78 is 0. The summed E-state index contributed by atoms with van der Waals surface area (Å²) in [5.74, 6) is -0.293. The molecule has 0 aliphatic carbocycles. The Bertz CT molecular complexity index is 490. The van der Waals surface area contributed by atoms with Crippen molar-refractivity contribution in [3.63, 3.8) is 0 Å². The number of nitrogens with one attached hydrogen (secondary N) is 1. The normalized spacial score (nSPS) is 10.6. The SMILES string of the molecule is NCc1nc2ccc(C(=O)O)cc2[nH]1. The highest BCUT2D eigenvalue weighted by Gasteiger charge is 2.06. The standard InChI is InChI=1S/C9H9N3O2/c10-4-8-11-6-2-1-5(9(13)14)3-7(6)12-8/h1-3H,4,10H2,(H,11,12)(H,13,14). The van der Waals surface area contributed by atoms with Crippen molar-refractivity contribution in [2.24, 2.45) is 5.73 Å². The molecule has 0 bridgehead atoms. The van der Waals surface area contributed by atoms with E-state index < -0.39 is 5.97 Å². The van der Waals surface area contributed by atoms with Gasteiger partial charge in [-0.25, -0.2) is 9.78 Å². The number of aromatic amines is 1. The van der Waals surface area contributed by atoms with Crippen molar-refractivity contribution >= 4 is 17.0 Å². The van der Waals surface area contributed by atoms with Crippen molar-refractivity contribution < 1.29 is 9.90 Å². The third kappa shape index (κ3) is 1.33. The number of H-pyrrole nitrogens is 1. The highest BCUT2D eigenvalue weighted by Crippen LogP contribution is 2.13. The van der Waals surface area contributed by atoms with Gasteiger partial charge in [-0.3, -0.25) is 0 Å². The molecule has 0 fully saturated rings. The van der Waals surface area contributed by atoms with Crippen LogP contribution in [0.5, 0.6) is 0 Å². The van der Waals surface area contributed by atoms with E-state index in [9.17, 15) is 4.79 Å². The largest absolute Gasteiger partial charge is 0.478 e. The Kier molecular flexibility index (Phi) is 1.94. The Hall–Kier alpha value is -1.88. The number of carboxylic acid groups (broad SMARTS) is 1. The number of benzene rings is 1. The second-order valence-corrected chi connectivity index (χ2v) is 2.92. The van der Waals surface area contributed by atoms with Crippen molar-refractivity contribution in [2.45, 2.75) is 6.54 Å². The molecule has 0 saturated heterocycles. The van der Waals surface area contributed by atoms with Crippen molar-refractivity contribution in [2.75, 3.05) is 0 Å². The summed E-state index contributed by atoms with van der Waals surface area (Å²) in [7, 11) is 0. The van der Waals surface area contributed by atoms with Gasteiger partial charge in [0.2, 0.25) is 0 Å². The molecule has 0 aliphatic rings. The summed E-state index contributed by atoms with van der Waals surface area (Å²) in [6.07, 6.45) is 0. The first kappa shape index (κ1) is 8.71. The Morgan fingerprint density at radius 2 is 2.36 bits per heavy atom.